The first-order valence-electron chi connectivity index (χ1n) is 8.07. The lowest BCUT2D eigenvalue weighted by molar-refractivity contribution is -0.121. The summed E-state index contributed by atoms with van der Waals surface area (Å²) in [6, 6.07) is 11.7. The van der Waals surface area contributed by atoms with Crippen molar-refractivity contribution in [2.75, 3.05) is 12.3 Å². The Morgan fingerprint density at radius 3 is 2.72 bits per heavy atom. The highest BCUT2D eigenvalue weighted by molar-refractivity contribution is 7.94. The quantitative estimate of drug-likeness (QED) is 0.851. The summed E-state index contributed by atoms with van der Waals surface area (Å²) in [6.45, 7) is 0.417. The predicted molar refractivity (Wildman–Crippen MR) is 95.2 cm³/mol. The number of hydrogen-bond acceptors (Lipinski definition) is 5. The van der Waals surface area contributed by atoms with E-state index in [2.05, 4.69) is 15.3 Å². The van der Waals surface area contributed by atoms with Crippen molar-refractivity contribution in [1.29, 1.82) is 0 Å². The van der Waals surface area contributed by atoms with Crippen LogP contribution < -0.4 is 5.32 Å². The molecule has 130 valence electrons. The highest BCUT2D eigenvalue weighted by Crippen LogP contribution is 2.18. The molecule has 0 fully saturated rings. The molecule has 1 aliphatic heterocycles. The maximum absolute atomic E-state index is 11.9. The Balaban J connectivity index is 1.49. The molecule has 1 aromatic carbocycles. The number of hydrogen-bond donors (Lipinski definition) is 1. The van der Waals surface area contributed by atoms with Crippen molar-refractivity contribution in [1.82, 2.24) is 15.3 Å². The topological polar surface area (TPSA) is 89.0 Å². The summed E-state index contributed by atoms with van der Waals surface area (Å²) < 4.78 is 22.7. The van der Waals surface area contributed by atoms with Crippen LogP contribution in [0.15, 0.2) is 54.1 Å². The van der Waals surface area contributed by atoms with E-state index >= 15 is 0 Å². The first-order chi connectivity index (χ1) is 12.0. The molecular weight excluding hydrogens is 338 g/mol. The lowest BCUT2D eigenvalue weighted by Gasteiger charge is -2.08. The maximum Gasteiger partial charge on any atom is 0.220 e. The van der Waals surface area contributed by atoms with E-state index in [0.717, 1.165) is 11.3 Å². The summed E-state index contributed by atoms with van der Waals surface area (Å²) in [4.78, 5) is 20.6. The van der Waals surface area contributed by atoms with Crippen LogP contribution in [0.25, 0.3) is 11.3 Å². The number of rotatable bonds is 6. The molecule has 0 unspecified atom stereocenters. The van der Waals surface area contributed by atoms with Gasteiger partial charge in [-0.05, 0) is 6.07 Å². The van der Waals surface area contributed by atoms with Gasteiger partial charge < -0.3 is 5.32 Å². The molecule has 0 saturated carbocycles. The number of carbonyl (C=O) groups excluding carboxylic acids is 1. The second-order valence-corrected chi connectivity index (χ2v) is 7.88. The third-order valence-corrected chi connectivity index (χ3v) is 5.36. The minimum Gasteiger partial charge on any atom is -0.356 e. The van der Waals surface area contributed by atoms with Crippen LogP contribution in [0.4, 0.5) is 0 Å². The zero-order valence-electron chi connectivity index (χ0n) is 13.6. The summed E-state index contributed by atoms with van der Waals surface area (Å²) in [6.07, 6.45) is 3.99. The zero-order valence-corrected chi connectivity index (χ0v) is 14.4. The van der Waals surface area contributed by atoms with Gasteiger partial charge in [-0.3, -0.25) is 4.79 Å². The first kappa shape index (κ1) is 17.3. The van der Waals surface area contributed by atoms with Crippen LogP contribution in [-0.2, 0) is 21.1 Å². The Morgan fingerprint density at radius 1 is 1.20 bits per heavy atom. The smallest absolute Gasteiger partial charge is 0.220 e. The molecule has 1 N–H and O–H groups in total. The predicted octanol–water partition coefficient (Wildman–Crippen LogP) is 1.75. The largest absolute Gasteiger partial charge is 0.356 e. The molecule has 7 heteroatoms. The maximum atomic E-state index is 11.9. The van der Waals surface area contributed by atoms with Crippen LogP contribution in [0.1, 0.15) is 12.2 Å². The Morgan fingerprint density at radius 2 is 2.00 bits per heavy atom. The van der Waals surface area contributed by atoms with E-state index in [1.54, 1.807) is 12.3 Å². The first-order valence-corrected chi connectivity index (χ1v) is 9.78. The highest BCUT2D eigenvalue weighted by Gasteiger charge is 2.23. The van der Waals surface area contributed by atoms with E-state index in [1.165, 1.54) is 5.41 Å². The van der Waals surface area contributed by atoms with Gasteiger partial charge in [-0.25, -0.2) is 18.4 Å². The molecule has 0 bridgehead atoms. The van der Waals surface area contributed by atoms with Crippen molar-refractivity contribution in [3.8, 4) is 11.3 Å². The average molecular weight is 357 g/mol. The van der Waals surface area contributed by atoms with Gasteiger partial charge in [0, 0.05) is 42.5 Å². The van der Waals surface area contributed by atoms with Gasteiger partial charge >= 0.3 is 0 Å². The van der Waals surface area contributed by atoms with Gasteiger partial charge in [-0.15, -0.1) is 0 Å². The van der Waals surface area contributed by atoms with E-state index in [1.807, 2.05) is 36.4 Å². The number of sulfone groups is 1. The Hall–Kier alpha value is -2.54. The van der Waals surface area contributed by atoms with Gasteiger partial charge in [0.2, 0.25) is 5.91 Å². The van der Waals surface area contributed by atoms with E-state index < -0.39 is 9.84 Å². The van der Waals surface area contributed by atoms with E-state index in [-0.39, 0.29) is 24.0 Å². The van der Waals surface area contributed by atoms with Gasteiger partial charge in [0.05, 0.1) is 11.4 Å². The number of nitrogens with zero attached hydrogens (tertiary/aromatic N) is 2. The summed E-state index contributed by atoms with van der Waals surface area (Å²) in [7, 11) is -3.12. The van der Waals surface area contributed by atoms with Gasteiger partial charge in [0.25, 0.3) is 0 Å². The van der Waals surface area contributed by atoms with Gasteiger partial charge in [-0.2, -0.15) is 0 Å². The van der Waals surface area contributed by atoms with E-state index in [9.17, 15) is 13.2 Å². The summed E-state index contributed by atoms with van der Waals surface area (Å²) in [5, 5.41) is 3.99. The standard InChI is InChI=1S/C18H19N3O3S/c22-18(12-14-8-11-25(23,24)13-14)20-10-7-17-19-9-6-16(21-17)15-4-2-1-3-5-15/h1-6,8-9,11,14H,7,10,12-13H2,(H,20,22)/t14-/m0/s1. The van der Waals surface area contributed by atoms with Crippen LogP contribution in [-0.4, -0.2) is 36.6 Å². The monoisotopic (exact) mass is 357 g/mol. The third kappa shape index (κ3) is 4.96. The SMILES string of the molecule is O=C(C[C@@H]1C=CS(=O)(=O)C1)NCCc1nccc(-c2ccccc2)n1. The molecule has 6 nitrogen and oxygen atoms in total. The van der Waals surface area contributed by atoms with Crippen molar-refractivity contribution in [2.24, 2.45) is 5.92 Å². The molecule has 1 amide bonds. The van der Waals surface area contributed by atoms with Gasteiger partial charge in [0.15, 0.2) is 9.84 Å². The molecule has 2 aromatic rings. The van der Waals surface area contributed by atoms with E-state index in [4.69, 9.17) is 0 Å². The lowest BCUT2D eigenvalue weighted by atomic mass is 10.1. The molecule has 3 rings (SSSR count). The van der Waals surface area contributed by atoms with Crippen LogP contribution in [0, 0.1) is 5.92 Å². The Bertz CT molecular complexity index is 879. The molecule has 0 aliphatic carbocycles. The molecule has 1 aromatic heterocycles. The molecule has 25 heavy (non-hydrogen) atoms. The number of benzene rings is 1. The highest BCUT2D eigenvalue weighted by atomic mass is 32.2. The summed E-state index contributed by atoms with van der Waals surface area (Å²) >= 11 is 0. The fourth-order valence-corrected chi connectivity index (χ4v) is 4.08. The molecule has 1 atom stereocenters. The third-order valence-electron chi connectivity index (χ3n) is 3.90. The second-order valence-electron chi connectivity index (χ2n) is 5.95. The lowest BCUT2D eigenvalue weighted by Crippen LogP contribution is -2.28. The Labute approximate surface area is 146 Å². The minimum absolute atomic E-state index is 0.0165. The number of aromatic nitrogens is 2. The van der Waals surface area contributed by atoms with Crippen LogP contribution in [0.5, 0.6) is 0 Å². The van der Waals surface area contributed by atoms with Crippen molar-refractivity contribution in [2.45, 2.75) is 12.8 Å². The molecule has 0 spiro atoms. The minimum atomic E-state index is -3.12. The van der Waals surface area contributed by atoms with Gasteiger partial charge in [-0.1, -0.05) is 36.4 Å². The fourth-order valence-electron chi connectivity index (χ4n) is 2.68. The molecular formula is C18H19N3O3S. The van der Waals surface area contributed by atoms with Gasteiger partial charge in [0.1, 0.15) is 5.82 Å². The average Bonchev–Trinajstić information content (AvgIpc) is 2.94. The number of amides is 1. The molecule has 1 aliphatic rings. The molecule has 0 radical (unpaired) electrons. The number of allylic oxidation sites excluding steroid dienone is 1. The normalized spacial score (nSPS) is 18.2. The molecule has 0 saturated heterocycles. The molecule has 2 heterocycles. The van der Waals surface area contributed by atoms with Crippen molar-refractivity contribution >= 4 is 15.7 Å². The van der Waals surface area contributed by atoms with E-state index in [0.29, 0.717) is 18.8 Å². The summed E-state index contributed by atoms with van der Waals surface area (Å²) in [5.41, 5.74) is 1.86. The Kier molecular flexibility index (Phi) is 5.23. The fraction of sp³-hybridized carbons (Fsp3) is 0.278. The summed E-state index contributed by atoms with van der Waals surface area (Å²) in [5.74, 6) is 0.279. The van der Waals surface area contributed by atoms with Crippen LogP contribution >= 0.6 is 0 Å². The van der Waals surface area contributed by atoms with Crippen molar-refractivity contribution in [3.63, 3.8) is 0 Å². The van der Waals surface area contributed by atoms with Crippen molar-refractivity contribution < 1.29 is 13.2 Å². The number of carbonyl (C=O) groups is 1. The number of nitrogens with one attached hydrogen (secondary N) is 1. The zero-order chi connectivity index (χ0) is 17.7. The van der Waals surface area contributed by atoms with Crippen LogP contribution in [0.2, 0.25) is 0 Å². The van der Waals surface area contributed by atoms with Crippen molar-refractivity contribution in [3.05, 3.63) is 59.9 Å². The second kappa shape index (κ2) is 7.57. The van der Waals surface area contributed by atoms with Crippen LogP contribution in [0.3, 0.4) is 0 Å².